The minimum Gasteiger partial charge on any atom is -0.452 e. The second-order valence-electron chi connectivity index (χ2n) is 7.35. The van der Waals surface area contributed by atoms with Crippen LogP contribution in [0, 0.1) is 19.8 Å². The molecule has 1 aromatic heterocycles. The molecule has 1 heterocycles. The van der Waals surface area contributed by atoms with E-state index in [-0.39, 0.29) is 5.91 Å². The van der Waals surface area contributed by atoms with Crippen LogP contribution in [-0.2, 0) is 22.5 Å². The van der Waals surface area contributed by atoms with Gasteiger partial charge in [0.2, 0.25) is 5.91 Å². The van der Waals surface area contributed by atoms with Crippen molar-refractivity contribution >= 4 is 23.4 Å². The van der Waals surface area contributed by atoms with Gasteiger partial charge < -0.3 is 10.1 Å². The third kappa shape index (κ3) is 5.34. The molecule has 28 heavy (non-hydrogen) atoms. The van der Waals surface area contributed by atoms with Crippen molar-refractivity contribution in [3.05, 3.63) is 41.2 Å². The van der Waals surface area contributed by atoms with Gasteiger partial charge in [0.05, 0.1) is 12.8 Å². The fourth-order valence-electron chi connectivity index (χ4n) is 3.09. The Balaban J connectivity index is 1.94. The van der Waals surface area contributed by atoms with E-state index in [1.54, 1.807) is 31.3 Å². The molecule has 0 fully saturated rings. The van der Waals surface area contributed by atoms with E-state index < -0.39 is 6.09 Å². The first-order chi connectivity index (χ1) is 13.2. The van der Waals surface area contributed by atoms with Crippen LogP contribution >= 0.6 is 0 Å². The van der Waals surface area contributed by atoms with E-state index in [1.165, 1.54) is 12.0 Å². The summed E-state index contributed by atoms with van der Waals surface area (Å²) in [5.74, 6) is 0.472. The Morgan fingerprint density at radius 1 is 1.21 bits per heavy atom. The number of ether oxygens (including phenoxy) is 1. The van der Waals surface area contributed by atoms with Crippen LogP contribution in [0.1, 0.15) is 37.2 Å². The van der Waals surface area contributed by atoms with E-state index in [0.717, 1.165) is 23.5 Å². The highest BCUT2D eigenvalue weighted by molar-refractivity contribution is 5.92. The quantitative estimate of drug-likeness (QED) is 0.782. The molecule has 2 rings (SSSR count). The second kappa shape index (κ2) is 9.39. The topological polar surface area (TPSA) is 76.5 Å². The van der Waals surface area contributed by atoms with Gasteiger partial charge in [-0.1, -0.05) is 13.8 Å². The van der Waals surface area contributed by atoms with Crippen molar-refractivity contribution in [2.24, 2.45) is 5.92 Å². The minimum atomic E-state index is -0.444. The number of nitrogens with zero attached hydrogens (tertiary/aromatic N) is 3. The third-order valence-electron chi connectivity index (χ3n) is 4.66. The van der Waals surface area contributed by atoms with Crippen LogP contribution in [0.25, 0.3) is 0 Å². The molecule has 0 spiro atoms. The number of benzene rings is 1. The summed E-state index contributed by atoms with van der Waals surface area (Å²) in [6, 6.07) is 7.06. The van der Waals surface area contributed by atoms with E-state index >= 15 is 0 Å². The Bertz CT molecular complexity index is 825. The number of nitrogens with one attached hydrogen (secondary N) is 1. The van der Waals surface area contributed by atoms with E-state index in [1.807, 2.05) is 11.6 Å². The number of hydrogen-bond acceptors (Lipinski definition) is 4. The smallest absolute Gasteiger partial charge is 0.413 e. The maximum Gasteiger partial charge on any atom is 0.413 e. The number of hydrogen-bond donors (Lipinski definition) is 1. The summed E-state index contributed by atoms with van der Waals surface area (Å²) in [5.41, 5.74) is 4.64. The normalized spacial score (nSPS) is 10.8. The minimum absolute atomic E-state index is 0.0514. The summed E-state index contributed by atoms with van der Waals surface area (Å²) >= 11 is 0. The Morgan fingerprint density at radius 2 is 1.86 bits per heavy atom. The van der Waals surface area contributed by atoms with Crippen LogP contribution in [0.4, 0.5) is 16.2 Å². The van der Waals surface area contributed by atoms with Crippen molar-refractivity contribution < 1.29 is 14.3 Å². The highest BCUT2D eigenvalue weighted by atomic mass is 16.5. The molecule has 0 bridgehead atoms. The molecule has 0 aliphatic carbocycles. The van der Waals surface area contributed by atoms with Crippen LogP contribution in [0.3, 0.4) is 0 Å². The number of methoxy groups -OCH3 is 1. The summed E-state index contributed by atoms with van der Waals surface area (Å²) in [5, 5.41) is 7.50. The maximum absolute atomic E-state index is 12.3. The van der Waals surface area contributed by atoms with Crippen LogP contribution in [-0.4, -0.2) is 35.9 Å². The monoisotopic (exact) mass is 386 g/mol. The molecule has 0 aliphatic heterocycles. The van der Waals surface area contributed by atoms with Crippen molar-refractivity contribution in [3.8, 4) is 0 Å². The number of carbonyl (C=O) groups is 2. The number of amides is 2. The van der Waals surface area contributed by atoms with Crippen LogP contribution in [0.15, 0.2) is 24.3 Å². The van der Waals surface area contributed by atoms with Gasteiger partial charge in [0.25, 0.3) is 0 Å². The van der Waals surface area contributed by atoms with Gasteiger partial charge in [0.15, 0.2) is 0 Å². The summed E-state index contributed by atoms with van der Waals surface area (Å²) in [4.78, 5) is 25.3. The summed E-state index contributed by atoms with van der Waals surface area (Å²) in [6.45, 7) is 9.26. The van der Waals surface area contributed by atoms with Crippen molar-refractivity contribution in [2.75, 3.05) is 24.4 Å². The average molecular weight is 386 g/mol. The fraction of sp³-hybridized carbons (Fsp3) is 0.476. The van der Waals surface area contributed by atoms with Crippen molar-refractivity contribution in [1.29, 1.82) is 0 Å². The lowest BCUT2D eigenvalue weighted by Gasteiger charge is -2.16. The van der Waals surface area contributed by atoms with Gasteiger partial charge in [-0.05, 0) is 56.0 Å². The molecule has 7 nitrogen and oxygen atoms in total. The number of rotatable bonds is 7. The molecule has 7 heteroatoms. The van der Waals surface area contributed by atoms with E-state index in [0.29, 0.717) is 30.1 Å². The average Bonchev–Trinajstić information content (AvgIpc) is 2.91. The van der Waals surface area contributed by atoms with Crippen molar-refractivity contribution in [3.63, 3.8) is 0 Å². The molecule has 1 aromatic carbocycles. The summed E-state index contributed by atoms with van der Waals surface area (Å²) in [6.07, 6.45) is 0.601. The first-order valence-corrected chi connectivity index (χ1v) is 9.47. The molecule has 2 aromatic rings. The predicted molar refractivity (Wildman–Crippen MR) is 111 cm³/mol. The largest absolute Gasteiger partial charge is 0.452 e. The standard InChI is InChI=1S/C21H30N4O3/c1-14(2)13-25-16(4)19(15(3)23-25)11-12-20(26)22-17-7-9-18(10-8-17)24(5)21(27)28-6/h7-10,14H,11-13H2,1-6H3,(H,22,26). The molecule has 0 unspecified atom stereocenters. The lowest BCUT2D eigenvalue weighted by Crippen LogP contribution is -2.25. The van der Waals surface area contributed by atoms with Gasteiger partial charge in [-0.25, -0.2) is 4.79 Å². The summed E-state index contributed by atoms with van der Waals surface area (Å²) < 4.78 is 6.72. The van der Waals surface area contributed by atoms with Gasteiger partial charge in [-0.15, -0.1) is 0 Å². The van der Waals surface area contributed by atoms with Crippen LogP contribution < -0.4 is 10.2 Å². The highest BCUT2D eigenvalue weighted by Gasteiger charge is 2.14. The van der Waals surface area contributed by atoms with E-state index in [4.69, 9.17) is 0 Å². The molecule has 2 amide bonds. The Labute approximate surface area is 166 Å². The zero-order chi connectivity index (χ0) is 20.8. The van der Waals surface area contributed by atoms with Gasteiger partial charge >= 0.3 is 6.09 Å². The van der Waals surface area contributed by atoms with E-state index in [9.17, 15) is 9.59 Å². The van der Waals surface area contributed by atoms with E-state index in [2.05, 4.69) is 35.9 Å². The van der Waals surface area contributed by atoms with Gasteiger partial charge in [0, 0.05) is 37.1 Å². The number of aryl methyl sites for hydroxylation is 1. The Hall–Kier alpha value is -2.83. The first kappa shape index (κ1) is 21.5. The molecular weight excluding hydrogens is 356 g/mol. The number of anilines is 2. The summed E-state index contributed by atoms with van der Waals surface area (Å²) in [7, 11) is 2.97. The molecule has 1 N–H and O–H groups in total. The number of carbonyl (C=O) groups excluding carboxylic acids is 2. The third-order valence-corrected chi connectivity index (χ3v) is 4.66. The SMILES string of the molecule is COC(=O)N(C)c1ccc(NC(=O)CCc2c(C)nn(CC(C)C)c2C)cc1. The van der Waals surface area contributed by atoms with Crippen LogP contribution in [0.2, 0.25) is 0 Å². The molecular formula is C21H30N4O3. The zero-order valence-electron chi connectivity index (χ0n) is 17.6. The molecule has 0 saturated carbocycles. The van der Waals surface area contributed by atoms with Crippen LogP contribution in [0.5, 0.6) is 0 Å². The Morgan fingerprint density at radius 3 is 2.43 bits per heavy atom. The fourth-order valence-corrected chi connectivity index (χ4v) is 3.09. The molecule has 0 radical (unpaired) electrons. The lowest BCUT2D eigenvalue weighted by atomic mass is 10.1. The highest BCUT2D eigenvalue weighted by Crippen LogP contribution is 2.19. The molecule has 152 valence electrons. The zero-order valence-corrected chi connectivity index (χ0v) is 17.6. The molecule has 0 atom stereocenters. The number of aromatic nitrogens is 2. The predicted octanol–water partition coefficient (Wildman–Crippen LogP) is 3.93. The first-order valence-electron chi connectivity index (χ1n) is 9.47. The van der Waals surface area contributed by atoms with Crippen molar-refractivity contribution in [2.45, 2.75) is 47.1 Å². The van der Waals surface area contributed by atoms with Gasteiger partial charge in [0.1, 0.15) is 0 Å². The Kier molecular flexibility index (Phi) is 7.20. The second-order valence-corrected chi connectivity index (χ2v) is 7.35. The van der Waals surface area contributed by atoms with Gasteiger partial charge in [-0.3, -0.25) is 14.4 Å². The van der Waals surface area contributed by atoms with Gasteiger partial charge in [-0.2, -0.15) is 5.10 Å². The maximum atomic E-state index is 12.3. The lowest BCUT2D eigenvalue weighted by molar-refractivity contribution is -0.116. The molecule has 0 saturated heterocycles. The molecule has 0 aliphatic rings. The van der Waals surface area contributed by atoms with Crippen molar-refractivity contribution in [1.82, 2.24) is 9.78 Å².